The molecule has 0 amide bonds. The zero-order valence-electron chi connectivity index (χ0n) is 9.55. The van der Waals surface area contributed by atoms with Crippen LogP contribution < -0.4 is 10.5 Å². The van der Waals surface area contributed by atoms with Crippen LogP contribution in [-0.2, 0) is 0 Å². The summed E-state index contributed by atoms with van der Waals surface area (Å²) in [6.07, 6.45) is 2.70. The van der Waals surface area contributed by atoms with Gasteiger partial charge in [-0.05, 0) is 18.2 Å². The van der Waals surface area contributed by atoms with Crippen LogP contribution >= 0.6 is 0 Å². The zero-order chi connectivity index (χ0) is 13.1. The topological polar surface area (TPSA) is 78.1 Å². The van der Waals surface area contributed by atoms with Gasteiger partial charge in [0.15, 0.2) is 5.82 Å². The third kappa shape index (κ3) is 2.00. The molecule has 2 N–H and O–H groups in total. The van der Waals surface area contributed by atoms with Crippen molar-refractivity contribution in [2.45, 2.75) is 0 Å². The summed E-state index contributed by atoms with van der Waals surface area (Å²) in [5, 5.41) is 0. The van der Waals surface area contributed by atoms with Gasteiger partial charge in [-0.1, -0.05) is 0 Å². The van der Waals surface area contributed by atoms with Crippen LogP contribution in [0.1, 0.15) is 16.1 Å². The third-order valence-electron chi connectivity index (χ3n) is 2.35. The number of anilines is 1. The molecule has 0 fully saturated rings. The summed E-state index contributed by atoms with van der Waals surface area (Å²) in [4.78, 5) is 19.6. The highest BCUT2D eigenvalue weighted by molar-refractivity contribution is 6.10. The minimum absolute atomic E-state index is 0.00431. The summed E-state index contributed by atoms with van der Waals surface area (Å²) in [7, 11) is 1.27. The van der Waals surface area contributed by atoms with E-state index in [-0.39, 0.29) is 22.8 Å². The van der Waals surface area contributed by atoms with E-state index >= 15 is 0 Å². The monoisotopic (exact) mass is 247 g/mol. The van der Waals surface area contributed by atoms with E-state index in [2.05, 4.69) is 9.97 Å². The molecular formula is C12H10FN3O2. The van der Waals surface area contributed by atoms with Crippen molar-refractivity contribution in [3.63, 3.8) is 0 Å². The van der Waals surface area contributed by atoms with E-state index in [4.69, 9.17) is 10.5 Å². The lowest BCUT2D eigenvalue weighted by Gasteiger charge is -2.06. The van der Waals surface area contributed by atoms with Gasteiger partial charge in [0.05, 0.1) is 18.4 Å². The van der Waals surface area contributed by atoms with Crippen LogP contribution in [0.4, 0.5) is 10.1 Å². The number of nitrogen functional groups attached to an aromatic ring is 1. The number of ether oxygens (including phenoxy) is 1. The number of aromatic nitrogens is 2. The van der Waals surface area contributed by atoms with Gasteiger partial charge in [-0.15, -0.1) is 0 Å². The molecule has 18 heavy (non-hydrogen) atoms. The molecule has 92 valence electrons. The number of ketones is 1. The van der Waals surface area contributed by atoms with Gasteiger partial charge in [-0.2, -0.15) is 0 Å². The maximum Gasteiger partial charge on any atom is 0.250 e. The number of rotatable bonds is 3. The van der Waals surface area contributed by atoms with E-state index in [9.17, 15) is 9.18 Å². The van der Waals surface area contributed by atoms with E-state index in [1.807, 2.05) is 0 Å². The predicted molar refractivity (Wildman–Crippen MR) is 62.8 cm³/mol. The number of halogens is 1. The summed E-state index contributed by atoms with van der Waals surface area (Å²) >= 11 is 0. The Morgan fingerprint density at radius 1 is 1.33 bits per heavy atom. The lowest BCUT2D eigenvalue weighted by Crippen LogP contribution is -2.10. The molecular weight excluding hydrogens is 237 g/mol. The van der Waals surface area contributed by atoms with Crippen LogP contribution in [0.3, 0.4) is 0 Å². The SMILES string of the molecule is COc1nccc(C(=O)c2ncccc2N)c1F. The first-order chi connectivity index (χ1) is 8.65. The number of nitrogens with zero attached hydrogens (tertiary/aromatic N) is 2. The first kappa shape index (κ1) is 12.0. The highest BCUT2D eigenvalue weighted by Crippen LogP contribution is 2.21. The molecule has 0 aromatic carbocycles. The largest absolute Gasteiger partial charge is 0.479 e. The van der Waals surface area contributed by atoms with E-state index in [1.165, 1.54) is 31.6 Å². The number of carbonyl (C=O) groups is 1. The molecule has 0 atom stereocenters. The average Bonchev–Trinajstić information content (AvgIpc) is 2.39. The average molecular weight is 247 g/mol. The van der Waals surface area contributed by atoms with Crippen molar-refractivity contribution in [1.29, 1.82) is 0 Å². The molecule has 5 nitrogen and oxygen atoms in total. The van der Waals surface area contributed by atoms with Crippen molar-refractivity contribution >= 4 is 11.5 Å². The number of hydrogen-bond acceptors (Lipinski definition) is 5. The molecule has 0 aliphatic carbocycles. The Bertz CT molecular complexity index is 602. The zero-order valence-corrected chi connectivity index (χ0v) is 9.55. The predicted octanol–water partition coefficient (Wildman–Crippen LogP) is 1.44. The quantitative estimate of drug-likeness (QED) is 0.830. The molecule has 0 radical (unpaired) electrons. The minimum atomic E-state index is -0.824. The van der Waals surface area contributed by atoms with Gasteiger partial charge >= 0.3 is 0 Å². The second kappa shape index (κ2) is 4.79. The maximum absolute atomic E-state index is 13.9. The van der Waals surface area contributed by atoms with Gasteiger partial charge in [0.25, 0.3) is 5.88 Å². The Hall–Kier alpha value is -2.50. The second-order valence-corrected chi connectivity index (χ2v) is 3.45. The maximum atomic E-state index is 13.9. The molecule has 0 bridgehead atoms. The van der Waals surface area contributed by atoms with Crippen LogP contribution in [0.5, 0.6) is 5.88 Å². The van der Waals surface area contributed by atoms with Crippen molar-refractivity contribution in [3.05, 3.63) is 47.7 Å². The van der Waals surface area contributed by atoms with Crippen molar-refractivity contribution in [2.75, 3.05) is 12.8 Å². The van der Waals surface area contributed by atoms with Crippen LogP contribution in [-0.4, -0.2) is 22.9 Å². The summed E-state index contributed by atoms with van der Waals surface area (Å²) in [6, 6.07) is 4.38. The first-order valence-corrected chi connectivity index (χ1v) is 5.09. The van der Waals surface area contributed by atoms with E-state index in [1.54, 1.807) is 6.07 Å². The standard InChI is InChI=1S/C12H10FN3O2/c1-18-12-9(13)7(4-6-16-12)11(17)10-8(14)3-2-5-15-10/h2-6H,14H2,1H3. The summed E-state index contributed by atoms with van der Waals surface area (Å²) in [5.74, 6) is -1.67. The van der Waals surface area contributed by atoms with E-state index in [0.717, 1.165) is 0 Å². The van der Waals surface area contributed by atoms with Gasteiger partial charge in [0.2, 0.25) is 5.78 Å². The molecule has 2 aromatic heterocycles. The molecule has 0 aliphatic heterocycles. The highest BCUT2D eigenvalue weighted by Gasteiger charge is 2.20. The van der Waals surface area contributed by atoms with Gasteiger partial charge in [0.1, 0.15) is 5.69 Å². The van der Waals surface area contributed by atoms with Crippen molar-refractivity contribution in [1.82, 2.24) is 9.97 Å². The van der Waals surface area contributed by atoms with Gasteiger partial charge in [0, 0.05) is 12.4 Å². The van der Waals surface area contributed by atoms with Gasteiger partial charge in [-0.3, -0.25) is 9.78 Å². The summed E-state index contributed by atoms with van der Waals surface area (Å²) in [5.41, 5.74) is 5.65. The van der Waals surface area contributed by atoms with Gasteiger partial charge in [-0.25, -0.2) is 9.37 Å². The second-order valence-electron chi connectivity index (χ2n) is 3.45. The summed E-state index contributed by atoms with van der Waals surface area (Å²) in [6.45, 7) is 0. The fraction of sp³-hybridized carbons (Fsp3) is 0.0833. The molecule has 2 aromatic rings. The van der Waals surface area contributed by atoms with Gasteiger partial charge < -0.3 is 10.5 Å². The Morgan fingerprint density at radius 2 is 2.11 bits per heavy atom. The molecule has 0 unspecified atom stereocenters. The van der Waals surface area contributed by atoms with Crippen LogP contribution in [0.15, 0.2) is 30.6 Å². The fourth-order valence-electron chi connectivity index (χ4n) is 1.48. The highest BCUT2D eigenvalue weighted by atomic mass is 19.1. The normalized spacial score (nSPS) is 10.1. The minimum Gasteiger partial charge on any atom is -0.479 e. The Labute approximate surface area is 102 Å². The molecule has 0 saturated heterocycles. The molecule has 0 aliphatic rings. The van der Waals surface area contributed by atoms with Crippen LogP contribution in [0.25, 0.3) is 0 Å². The molecule has 2 heterocycles. The molecule has 6 heteroatoms. The number of hydrogen-bond donors (Lipinski definition) is 1. The Kier molecular flexibility index (Phi) is 3.18. The first-order valence-electron chi connectivity index (χ1n) is 5.09. The lowest BCUT2D eigenvalue weighted by atomic mass is 10.1. The molecule has 0 saturated carbocycles. The molecule has 2 rings (SSSR count). The number of pyridine rings is 2. The number of nitrogens with two attached hydrogens (primary N) is 1. The Balaban J connectivity index is 2.50. The Morgan fingerprint density at radius 3 is 2.78 bits per heavy atom. The lowest BCUT2D eigenvalue weighted by molar-refractivity contribution is 0.103. The fourth-order valence-corrected chi connectivity index (χ4v) is 1.48. The van der Waals surface area contributed by atoms with Crippen molar-refractivity contribution in [3.8, 4) is 5.88 Å². The van der Waals surface area contributed by atoms with E-state index in [0.29, 0.717) is 0 Å². The van der Waals surface area contributed by atoms with E-state index < -0.39 is 11.6 Å². The van der Waals surface area contributed by atoms with Crippen molar-refractivity contribution in [2.24, 2.45) is 0 Å². The van der Waals surface area contributed by atoms with Crippen LogP contribution in [0.2, 0.25) is 0 Å². The number of carbonyl (C=O) groups excluding carboxylic acids is 1. The van der Waals surface area contributed by atoms with Crippen LogP contribution in [0, 0.1) is 5.82 Å². The third-order valence-corrected chi connectivity index (χ3v) is 2.35. The smallest absolute Gasteiger partial charge is 0.250 e. The van der Waals surface area contributed by atoms with Crippen molar-refractivity contribution < 1.29 is 13.9 Å². The summed E-state index contributed by atoms with van der Waals surface area (Å²) < 4.78 is 18.6. The number of methoxy groups -OCH3 is 1. The molecule has 0 spiro atoms.